The van der Waals surface area contributed by atoms with Crippen LogP contribution >= 0.6 is 0 Å². The number of aromatic nitrogens is 1. The lowest BCUT2D eigenvalue weighted by atomic mass is 10.0. The number of hydrogen-bond acceptors (Lipinski definition) is 2. The van der Waals surface area contributed by atoms with Crippen LogP contribution in [-0.2, 0) is 26.1 Å². The van der Waals surface area contributed by atoms with Crippen molar-refractivity contribution >= 4 is 10.9 Å². The highest BCUT2D eigenvalue weighted by atomic mass is 15.0. The first-order valence-electron chi connectivity index (χ1n) is 6.82. The van der Waals surface area contributed by atoms with Gasteiger partial charge in [-0.25, -0.2) is 0 Å². The lowest BCUT2D eigenvalue weighted by molar-refractivity contribution is 0.762. The Hall–Kier alpha value is -1.32. The van der Waals surface area contributed by atoms with Crippen LogP contribution in [0.2, 0.25) is 0 Å². The first-order valence-corrected chi connectivity index (χ1v) is 6.82. The molecule has 1 aliphatic rings. The van der Waals surface area contributed by atoms with E-state index in [9.17, 15) is 0 Å². The molecule has 3 heteroatoms. The van der Waals surface area contributed by atoms with E-state index in [1.165, 1.54) is 27.6 Å². The van der Waals surface area contributed by atoms with E-state index in [4.69, 9.17) is 0 Å². The van der Waals surface area contributed by atoms with Crippen LogP contribution in [0, 0.1) is 0 Å². The smallest absolute Gasteiger partial charge is 0.0486 e. The number of hydrogen-bond donors (Lipinski definition) is 2. The zero-order valence-electron chi connectivity index (χ0n) is 11.2. The fourth-order valence-electron chi connectivity index (χ4n) is 2.88. The van der Waals surface area contributed by atoms with Gasteiger partial charge < -0.3 is 15.2 Å². The third-order valence-electron chi connectivity index (χ3n) is 3.90. The summed E-state index contributed by atoms with van der Waals surface area (Å²) in [6.45, 7) is 6.34. The topological polar surface area (TPSA) is 29.0 Å². The standard InChI is InChI=1S/C15H21N3/c1-3-18-10-11(4-5-16-2)14-6-12-8-17-9-13(12)7-15(14)18/h6-7,10,16-17H,3-5,8-9H2,1-2H3. The van der Waals surface area contributed by atoms with Crippen molar-refractivity contribution in [3.63, 3.8) is 0 Å². The lowest BCUT2D eigenvalue weighted by Crippen LogP contribution is -2.10. The fraction of sp³-hybridized carbons (Fsp3) is 0.467. The number of fused-ring (bicyclic) bond motifs is 2. The molecule has 0 saturated heterocycles. The highest BCUT2D eigenvalue weighted by molar-refractivity contribution is 5.86. The van der Waals surface area contributed by atoms with Crippen LogP contribution in [0.15, 0.2) is 18.3 Å². The van der Waals surface area contributed by atoms with Crippen molar-refractivity contribution in [1.82, 2.24) is 15.2 Å². The van der Waals surface area contributed by atoms with Crippen molar-refractivity contribution in [3.8, 4) is 0 Å². The molecule has 0 unspecified atom stereocenters. The molecule has 3 nitrogen and oxygen atoms in total. The quantitative estimate of drug-likeness (QED) is 0.860. The Morgan fingerprint density at radius 3 is 2.78 bits per heavy atom. The third kappa shape index (κ3) is 1.84. The summed E-state index contributed by atoms with van der Waals surface area (Å²) < 4.78 is 2.37. The van der Waals surface area contributed by atoms with Crippen LogP contribution < -0.4 is 10.6 Å². The normalized spacial score (nSPS) is 14.3. The first kappa shape index (κ1) is 11.8. The van der Waals surface area contributed by atoms with E-state index in [0.29, 0.717) is 0 Å². The summed E-state index contributed by atoms with van der Waals surface area (Å²) in [4.78, 5) is 0. The van der Waals surface area contributed by atoms with Crippen LogP contribution in [-0.4, -0.2) is 18.2 Å². The van der Waals surface area contributed by atoms with Crippen molar-refractivity contribution in [1.29, 1.82) is 0 Å². The minimum Gasteiger partial charge on any atom is -0.347 e. The van der Waals surface area contributed by atoms with E-state index in [1.54, 1.807) is 0 Å². The summed E-state index contributed by atoms with van der Waals surface area (Å²) in [5, 5.41) is 8.11. The molecule has 0 fully saturated rings. The van der Waals surface area contributed by atoms with Crippen molar-refractivity contribution in [2.45, 2.75) is 33.0 Å². The van der Waals surface area contributed by atoms with Gasteiger partial charge in [-0.1, -0.05) is 0 Å². The van der Waals surface area contributed by atoms with Crippen LogP contribution in [0.3, 0.4) is 0 Å². The number of aryl methyl sites for hydroxylation is 1. The summed E-state index contributed by atoms with van der Waals surface area (Å²) >= 11 is 0. The largest absolute Gasteiger partial charge is 0.347 e. The van der Waals surface area contributed by atoms with Gasteiger partial charge in [-0.3, -0.25) is 0 Å². The number of benzene rings is 1. The zero-order valence-corrected chi connectivity index (χ0v) is 11.2. The van der Waals surface area contributed by atoms with E-state index < -0.39 is 0 Å². The average Bonchev–Trinajstić information content (AvgIpc) is 2.97. The summed E-state index contributed by atoms with van der Waals surface area (Å²) in [5.41, 5.74) is 5.81. The van der Waals surface area contributed by atoms with Gasteiger partial charge in [0.1, 0.15) is 0 Å². The molecule has 0 aliphatic carbocycles. The van der Waals surface area contributed by atoms with Gasteiger partial charge in [0.25, 0.3) is 0 Å². The SMILES string of the molecule is CCn1cc(CCNC)c2cc3c(cc21)CNC3. The van der Waals surface area contributed by atoms with Gasteiger partial charge in [0, 0.05) is 36.7 Å². The Morgan fingerprint density at radius 2 is 2.06 bits per heavy atom. The minimum absolute atomic E-state index is 1.02. The second kappa shape index (κ2) is 4.75. The van der Waals surface area contributed by atoms with Crippen LogP contribution in [0.5, 0.6) is 0 Å². The Balaban J connectivity index is 2.13. The van der Waals surface area contributed by atoms with E-state index in [0.717, 1.165) is 32.6 Å². The first-order chi connectivity index (χ1) is 8.83. The fourth-order valence-corrected chi connectivity index (χ4v) is 2.88. The molecule has 18 heavy (non-hydrogen) atoms. The van der Waals surface area contributed by atoms with Crippen LogP contribution in [0.1, 0.15) is 23.6 Å². The zero-order chi connectivity index (χ0) is 12.5. The van der Waals surface area contributed by atoms with Crippen molar-refractivity contribution < 1.29 is 0 Å². The van der Waals surface area contributed by atoms with E-state index in [1.807, 2.05) is 7.05 Å². The number of nitrogens with zero attached hydrogens (tertiary/aromatic N) is 1. The summed E-state index contributed by atoms with van der Waals surface area (Å²) in [5.74, 6) is 0. The van der Waals surface area contributed by atoms with Crippen molar-refractivity contribution in [2.24, 2.45) is 0 Å². The second-order valence-corrected chi connectivity index (χ2v) is 5.04. The molecule has 0 saturated carbocycles. The molecular weight excluding hydrogens is 222 g/mol. The third-order valence-corrected chi connectivity index (χ3v) is 3.90. The molecule has 96 valence electrons. The number of likely N-dealkylation sites (N-methyl/N-ethyl adjacent to an activating group) is 1. The Kier molecular flexibility index (Phi) is 3.10. The maximum atomic E-state index is 3.43. The molecule has 1 aromatic heterocycles. The van der Waals surface area contributed by atoms with Crippen LogP contribution in [0.4, 0.5) is 0 Å². The van der Waals surface area contributed by atoms with Gasteiger partial charge >= 0.3 is 0 Å². The summed E-state index contributed by atoms with van der Waals surface area (Å²) in [7, 11) is 2.01. The lowest BCUT2D eigenvalue weighted by Gasteiger charge is -2.03. The molecule has 2 N–H and O–H groups in total. The Labute approximate surface area is 108 Å². The number of rotatable bonds is 4. The second-order valence-electron chi connectivity index (χ2n) is 5.04. The molecule has 1 aromatic carbocycles. The molecule has 3 rings (SSSR count). The monoisotopic (exact) mass is 243 g/mol. The summed E-state index contributed by atoms with van der Waals surface area (Å²) in [6.07, 6.45) is 3.43. The minimum atomic E-state index is 1.02. The Bertz CT molecular complexity index is 569. The molecule has 0 amide bonds. The predicted molar refractivity (Wildman–Crippen MR) is 75.8 cm³/mol. The van der Waals surface area contributed by atoms with Gasteiger partial charge in [-0.15, -0.1) is 0 Å². The van der Waals surface area contributed by atoms with Gasteiger partial charge in [-0.2, -0.15) is 0 Å². The van der Waals surface area contributed by atoms with Gasteiger partial charge in [0.2, 0.25) is 0 Å². The average molecular weight is 243 g/mol. The predicted octanol–water partition coefficient (Wildman–Crippen LogP) is 2.03. The highest BCUT2D eigenvalue weighted by Crippen LogP contribution is 2.28. The maximum Gasteiger partial charge on any atom is 0.0486 e. The van der Waals surface area contributed by atoms with E-state index in [-0.39, 0.29) is 0 Å². The highest BCUT2D eigenvalue weighted by Gasteiger charge is 2.15. The molecule has 0 spiro atoms. The molecule has 1 aliphatic heterocycles. The van der Waals surface area contributed by atoms with Crippen LogP contribution in [0.25, 0.3) is 10.9 Å². The molecule has 0 bridgehead atoms. The molecule has 0 radical (unpaired) electrons. The molecule has 2 heterocycles. The Morgan fingerprint density at radius 1 is 1.28 bits per heavy atom. The van der Waals surface area contributed by atoms with Crippen molar-refractivity contribution in [2.75, 3.05) is 13.6 Å². The van der Waals surface area contributed by atoms with Gasteiger partial charge in [0.05, 0.1) is 0 Å². The maximum absolute atomic E-state index is 3.43. The van der Waals surface area contributed by atoms with E-state index >= 15 is 0 Å². The van der Waals surface area contributed by atoms with Gasteiger partial charge in [-0.05, 0) is 55.8 Å². The molecular formula is C15H21N3. The van der Waals surface area contributed by atoms with E-state index in [2.05, 4.69) is 40.5 Å². The molecule has 2 aromatic rings. The van der Waals surface area contributed by atoms with Crippen molar-refractivity contribution in [3.05, 3.63) is 35.0 Å². The number of nitrogens with one attached hydrogen (secondary N) is 2. The molecule has 0 atom stereocenters. The van der Waals surface area contributed by atoms with Gasteiger partial charge in [0.15, 0.2) is 0 Å². The summed E-state index contributed by atoms with van der Waals surface area (Å²) in [6, 6.07) is 4.76.